The van der Waals surface area contributed by atoms with Gasteiger partial charge in [-0.15, -0.1) is 0 Å². The second-order valence-corrected chi connectivity index (χ2v) is 5.09. The highest BCUT2D eigenvalue weighted by molar-refractivity contribution is 5.12. The highest BCUT2D eigenvalue weighted by Gasteiger charge is 2.36. The molecule has 118 valence electrons. The van der Waals surface area contributed by atoms with Crippen LogP contribution in [0.25, 0.3) is 0 Å². The van der Waals surface area contributed by atoms with E-state index in [-0.39, 0.29) is 19.8 Å². The molecule has 0 spiro atoms. The van der Waals surface area contributed by atoms with E-state index in [2.05, 4.69) is 0 Å². The number of methoxy groups -OCH3 is 1. The predicted molar refractivity (Wildman–Crippen MR) is 73.0 cm³/mol. The summed E-state index contributed by atoms with van der Waals surface area (Å²) in [5.41, 5.74) is -0.455. The number of nitrogens with zero attached hydrogens (tertiary/aromatic N) is 2. The molecule has 1 aromatic rings. The first kappa shape index (κ1) is 15.9. The lowest BCUT2D eigenvalue weighted by atomic mass is 10.1. The van der Waals surface area contributed by atoms with Gasteiger partial charge in [-0.3, -0.25) is 9.36 Å². The maximum atomic E-state index is 12.1. The third kappa shape index (κ3) is 3.24. The number of hydrogen-bond acceptors (Lipinski definition) is 6. The molecule has 0 unspecified atom stereocenters. The highest BCUT2D eigenvalue weighted by atomic mass is 16.7. The van der Waals surface area contributed by atoms with Gasteiger partial charge in [-0.1, -0.05) is 0 Å². The minimum Gasteiger partial charge on any atom is -0.390 e. The van der Waals surface area contributed by atoms with Gasteiger partial charge in [0.1, 0.15) is 12.9 Å². The zero-order valence-electron chi connectivity index (χ0n) is 12.3. The van der Waals surface area contributed by atoms with Crippen molar-refractivity contribution in [3.63, 3.8) is 0 Å². The van der Waals surface area contributed by atoms with E-state index in [1.54, 1.807) is 7.05 Å². The molecule has 0 radical (unpaired) electrons. The summed E-state index contributed by atoms with van der Waals surface area (Å²) in [5, 5.41) is 9.98. The van der Waals surface area contributed by atoms with Crippen LogP contribution in [0, 0.1) is 0 Å². The van der Waals surface area contributed by atoms with Gasteiger partial charge in [-0.25, -0.2) is 4.79 Å². The van der Waals surface area contributed by atoms with Crippen LogP contribution in [0.4, 0.5) is 0 Å². The predicted octanol–water partition coefficient (Wildman–Crippen LogP) is -1.10. The summed E-state index contributed by atoms with van der Waals surface area (Å²) in [5.74, 6) is 0. The van der Waals surface area contributed by atoms with Crippen molar-refractivity contribution in [1.82, 2.24) is 9.13 Å². The number of aryl methyl sites for hydroxylation is 1. The second kappa shape index (κ2) is 6.52. The van der Waals surface area contributed by atoms with Crippen molar-refractivity contribution in [3.05, 3.63) is 32.6 Å². The Morgan fingerprint density at radius 1 is 1.43 bits per heavy atom. The van der Waals surface area contributed by atoms with Crippen molar-refractivity contribution in [1.29, 1.82) is 0 Å². The minimum atomic E-state index is -0.728. The molecular formula is C13H20N2O6. The van der Waals surface area contributed by atoms with Gasteiger partial charge in [0.15, 0.2) is 0 Å². The van der Waals surface area contributed by atoms with Crippen LogP contribution in [0.2, 0.25) is 0 Å². The molecule has 2 rings (SSSR count). The summed E-state index contributed by atoms with van der Waals surface area (Å²) in [6.45, 7) is 0.288. The zero-order valence-corrected chi connectivity index (χ0v) is 12.3. The van der Waals surface area contributed by atoms with Gasteiger partial charge in [-0.2, -0.15) is 0 Å². The Hall–Kier alpha value is -1.48. The molecule has 0 bridgehead atoms. The van der Waals surface area contributed by atoms with E-state index < -0.39 is 29.6 Å². The molecule has 2 heterocycles. The first-order valence-electron chi connectivity index (χ1n) is 6.62. The zero-order chi connectivity index (χ0) is 15.6. The van der Waals surface area contributed by atoms with Crippen LogP contribution in [-0.2, 0) is 28.3 Å². The SMILES string of the molecule is COCOC[C@H]1O[C@@H](c2cn(C)c(=O)n(C)c2=O)C[C@H]1O. The Bertz CT molecular complexity index is 608. The molecule has 21 heavy (non-hydrogen) atoms. The molecule has 1 N–H and O–H groups in total. The summed E-state index contributed by atoms with van der Waals surface area (Å²) in [6, 6.07) is 0. The molecule has 1 aliphatic rings. The fourth-order valence-corrected chi connectivity index (χ4v) is 2.38. The lowest BCUT2D eigenvalue weighted by Crippen LogP contribution is -2.39. The monoisotopic (exact) mass is 300 g/mol. The average molecular weight is 300 g/mol. The van der Waals surface area contributed by atoms with Crippen LogP contribution in [0.3, 0.4) is 0 Å². The number of rotatable bonds is 5. The first-order valence-corrected chi connectivity index (χ1v) is 6.62. The normalized spacial score (nSPS) is 25.4. The van der Waals surface area contributed by atoms with Crippen LogP contribution in [0.1, 0.15) is 18.1 Å². The van der Waals surface area contributed by atoms with E-state index in [4.69, 9.17) is 14.2 Å². The maximum Gasteiger partial charge on any atom is 0.330 e. The molecule has 0 saturated carbocycles. The topological polar surface area (TPSA) is 91.9 Å². The average Bonchev–Trinajstić information content (AvgIpc) is 2.82. The fraction of sp³-hybridized carbons (Fsp3) is 0.692. The molecule has 0 aromatic carbocycles. The Kier molecular flexibility index (Phi) is 4.94. The van der Waals surface area contributed by atoms with Gasteiger partial charge >= 0.3 is 5.69 Å². The quantitative estimate of drug-likeness (QED) is 0.548. The second-order valence-electron chi connectivity index (χ2n) is 5.09. The van der Waals surface area contributed by atoms with Gasteiger partial charge in [0, 0.05) is 33.8 Å². The van der Waals surface area contributed by atoms with Crippen molar-refractivity contribution in [3.8, 4) is 0 Å². The highest BCUT2D eigenvalue weighted by Crippen LogP contribution is 2.31. The summed E-state index contributed by atoms with van der Waals surface area (Å²) >= 11 is 0. The van der Waals surface area contributed by atoms with E-state index in [9.17, 15) is 14.7 Å². The Morgan fingerprint density at radius 3 is 2.81 bits per heavy atom. The van der Waals surface area contributed by atoms with E-state index in [0.29, 0.717) is 5.56 Å². The van der Waals surface area contributed by atoms with E-state index in [1.165, 1.54) is 24.9 Å². The number of aliphatic hydroxyl groups is 1. The number of ether oxygens (including phenoxy) is 3. The van der Waals surface area contributed by atoms with Crippen LogP contribution in [0.5, 0.6) is 0 Å². The lowest BCUT2D eigenvalue weighted by molar-refractivity contribution is -0.0927. The van der Waals surface area contributed by atoms with Gasteiger partial charge in [0.25, 0.3) is 5.56 Å². The number of hydrogen-bond donors (Lipinski definition) is 1. The molecule has 1 saturated heterocycles. The van der Waals surface area contributed by atoms with E-state index in [1.807, 2.05) is 0 Å². The van der Waals surface area contributed by atoms with Crippen molar-refractivity contribution < 1.29 is 19.3 Å². The molecule has 8 heteroatoms. The lowest BCUT2D eigenvalue weighted by Gasteiger charge is -2.15. The maximum absolute atomic E-state index is 12.1. The molecular weight excluding hydrogens is 280 g/mol. The van der Waals surface area contributed by atoms with Gasteiger partial charge in [0.05, 0.1) is 24.4 Å². The molecule has 8 nitrogen and oxygen atoms in total. The fourth-order valence-electron chi connectivity index (χ4n) is 2.38. The molecule has 1 aromatic heterocycles. The molecule has 3 atom stereocenters. The minimum absolute atomic E-state index is 0.110. The van der Waals surface area contributed by atoms with Gasteiger partial charge in [-0.05, 0) is 0 Å². The Morgan fingerprint density at radius 2 is 2.14 bits per heavy atom. The summed E-state index contributed by atoms with van der Waals surface area (Å²) in [6.07, 6.45) is -0.0583. The van der Waals surface area contributed by atoms with E-state index >= 15 is 0 Å². The molecule has 0 amide bonds. The molecule has 1 fully saturated rings. The van der Waals surface area contributed by atoms with E-state index in [0.717, 1.165) is 4.57 Å². The van der Waals surface area contributed by atoms with Crippen molar-refractivity contribution in [2.75, 3.05) is 20.5 Å². The Labute approximate surface area is 121 Å². The standard InChI is InChI=1S/C13H20N2O6/c1-14-5-8(12(17)15(2)13(14)18)10-4-9(16)11(21-10)6-20-7-19-3/h5,9-11,16H,4,6-7H2,1-3H3/t9-,10-,11-/m1/s1. The molecule has 0 aliphatic carbocycles. The third-order valence-corrected chi connectivity index (χ3v) is 3.53. The van der Waals surface area contributed by atoms with Crippen molar-refractivity contribution in [2.24, 2.45) is 14.1 Å². The van der Waals surface area contributed by atoms with Crippen LogP contribution in [0.15, 0.2) is 15.8 Å². The Balaban J connectivity index is 2.18. The largest absolute Gasteiger partial charge is 0.390 e. The summed E-state index contributed by atoms with van der Waals surface area (Å²) in [7, 11) is 4.48. The summed E-state index contributed by atoms with van der Waals surface area (Å²) < 4.78 is 18.0. The molecule has 1 aliphatic heterocycles. The number of aromatic nitrogens is 2. The van der Waals surface area contributed by atoms with Crippen molar-refractivity contribution in [2.45, 2.75) is 24.7 Å². The van der Waals surface area contributed by atoms with Crippen LogP contribution < -0.4 is 11.2 Å². The van der Waals surface area contributed by atoms with Gasteiger partial charge < -0.3 is 23.9 Å². The van der Waals surface area contributed by atoms with Gasteiger partial charge in [0.2, 0.25) is 0 Å². The van der Waals surface area contributed by atoms with Crippen molar-refractivity contribution >= 4 is 0 Å². The number of aliphatic hydroxyl groups excluding tert-OH is 1. The third-order valence-electron chi connectivity index (χ3n) is 3.53. The first-order chi connectivity index (χ1) is 9.95. The summed E-state index contributed by atoms with van der Waals surface area (Å²) in [4.78, 5) is 23.8. The van der Waals surface area contributed by atoms with Crippen LogP contribution >= 0.6 is 0 Å². The smallest absolute Gasteiger partial charge is 0.330 e. The van der Waals surface area contributed by atoms with Crippen LogP contribution in [-0.4, -0.2) is 47.0 Å².